The molecule has 0 unspecified atom stereocenters. The van der Waals surface area contributed by atoms with Gasteiger partial charge in [0.25, 0.3) is 0 Å². The molecule has 0 aliphatic heterocycles. The quantitative estimate of drug-likeness (QED) is 0.596. The van der Waals surface area contributed by atoms with Gasteiger partial charge in [0.15, 0.2) is 6.04 Å². The number of rotatable bonds is 7. The number of carbonyl (C=O) groups excluding carboxylic acids is 1. The number of para-hydroxylation sites is 1. The summed E-state index contributed by atoms with van der Waals surface area (Å²) in [6.45, 7) is 1.78. The minimum absolute atomic E-state index is 0.0929. The van der Waals surface area contributed by atoms with Crippen LogP contribution in [0.4, 0.5) is 4.79 Å². The number of hydrogen-bond donors (Lipinski definition) is 2. The van der Waals surface area contributed by atoms with E-state index in [-0.39, 0.29) is 19.1 Å². The van der Waals surface area contributed by atoms with Crippen LogP contribution in [0.1, 0.15) is 22.6 Å². The zero-order valence-corrected chi connectivity index (χ0v) is 17.1. The number of hydrogen-bond acceptors (Lipinski definition) is 4. The van der Waals surface area contributed by atoms with E-state index in [2.05, 4.69) is 17.4 Å². The molecule has 0 aromatic heterocycles. The summed E-state index contributed by atoms with van der Waals surface area (Å²) < 4.78 is 11.0. The van der Waals surface area contributed by atoms with Crippen LogP contribution < -0.4 is 10.1 Å². The molecule has 1 aliphatic carbocycles. The first-order chi connectivity index (χ1) is 15.0. The van der Waals surface area contributed by atoms with Gasteiger partial charge >= 0.3 is 12.1 Å². The minimum Gasteiger partial charge on any atom is -0.491 e. The second kappa shape index (κ2) is 8.92. The predicted molar refractivity (Wildman–Crippen MR) is 116 cm³/mol. The summed E-state index contributed by atoms with van der Waals surface area (Å²) in [4.78, 5) is 23.9. The van der Waals surface area contributed by atoms with Crippen LogP contribution in [0.15, 0.2) is 72.8 Å². The first-order valence-electron chi connectivity index (χ1n) is 10.1. The Balaban J connectivity index is 1.39. The predicted octanol–water partition coefficient (Wildman–Crippen LogP) is 4.37. The van der Waals surface area contributed by atoms with Gasteiger partial charge in [0.1, 0.15) is 19.0 Å². The van der Waals surface area contributed by atoms with Crippen LogP contribution in [0.25, 0.3) is 11.1 Å². The van der Waals surface area contributed by atoms with Crippen LogP contribution in [0.2, 0.25) is 0 Å². The molecule has 4 rings (SSSR count). The Morgan fingerprint density at radius 3 is 2.13 bits per heavy atom. The average molecular weight is 417 g/mol. The standard InChI is InChI=1S/C25H23NO5/c1-16-8-2-7-13-23(16)30-15-22(24(27)28)26-25(29)31-14-21-19-11-5-3-9-17(19)18-10-4-6-12-20(18)21/h2-13,21-22H,14-15H2,1H3,(H,26,29)(H,27,28)/t22-/m0/s1. The molecule has 0 saturated carbocycles. The van der Waals surface area contributed by atoms with Crippen molar-refractivity contribution in [3.05, 3.63) is 89.5 Å². The minimum atomic E-state index is -1.23. The maximum Gasteiger partial charge on any atom is 0.407 e. The van der Waals surface area contributed by atoms with Gasteiger partial charge in [-0.15, -0.1) is 0 Å². The monoisotopic (exact) mass is 417 g/mol. The molecule has 0 heterocycles. The van der Waals surface area contributed by atoms with Gasteiger partial charge in [0, 0.05) is 5.92 Å². The lowest BCUT2D eigenvalue weighted by molar-refractivity contribution is -0.140. The normalized spacial score (nSPS) is 13.1. The first-order valence-corrected chi connectivity index (χ1v) is 10.1. The van der Waals surface area contributed by atoms with Crippen molar-refractivity contribution in [1.82, 2.24) is 5.32 Å². The van der Waals surface area contributed by atoms with E-state index in [1.54, 1.807) is 12.1 Å². The van der Waals surface area contributed by atoms with E-state index in [1.165, 1.54) is 0 Å². The molecule has 31 heavy (non-hydrogen) atoms. The maximum atomic E-state index is 12.4. The van der Waals surface area contributed by atoms with Crippen molar-refractivity contribution in [2.75, 3.05) is 13.2 Å². The highest BCUT2D eigenvalue weighted by Gasteiger charge is 2.29. The third-order valence-electron chi connectivity index (χ3n) is 5.43. The van der Waals surface area contributed by atoms with E-state index in [1.807, 2.05) is 55.5 Å². The number of ether oxygens (including phenoxy) is 2. The van der Waals surface area contributed by atoms with Crippen molar-refractivity contribution >= 4 is 12.1 Å². The highest BCUT2D eigenvalue weighted by Crippen LogP contribution is 2.44. The van der Waals surface area contributed by atoms with Crippen LogP contribution in [0.3, 0.4) is 0 Å². The van der Waals surface area contributed by atoms with E-state index in [0.29, 0.717) is 5.75 Å². The summed E-state index contributed by atoms with van der Waals surface area (Å²) >= 11 is 0. The molecule has 3 aromatic rings. The van der Waals surface area contributed by atoms with E-state index < -0.39 is 18.1 Å². The van der Waals surface area contributed by atoms with Gasteiger partial charge in [-0.25, -0.2) is 9.59 Å². The van der Waals surface area contributed by atoms with Crippen LogP contribution >= 0.6 is 0 Å². The number of alkyl carbamates (subject to hydrolysis) is 1. The summed E-state index contributed by atoms with van der Waals surface area (Å²) in [7, 11) is 0. The molecule has 0 bridgehead atoms. The SMILES string of the molecule is Cc1ccccc1OC[C@H](NC(=O)OCC1c2ccccc2-c2ccccc21)C(=O)O. The number of amides is 1. The summed E-state index contributed by atoms with van der Waals surface area (Å²) in [5.41, 5.74) is 5.32. The van der Waals surface area contributed by atoms with Crippen LogP contribution in [0.5, 0.6) is 5.75 Å². The Kier molecular flexibility index (Phi) is 5.89. The number of aryl methyl sites for hydroxylation is 1. The fourth-order valence-electron chi connectivity index (χ4n) is 3.85. The summed E-state index contributed by atoms with van der Waals surface area (Å²) in [5, 5.41) is 11.9. The zero-order chi connectivity index (χ0) is 21.8. The average Bonchev–Trinajstić information content (AvgIpc) is 3.10. The molecule has 0 radical (unpaired) electrons. The second-order valence-corrected chi connectivity index (χ2v) is 7.44. The number of carboxylic acid groups (broad SMARTS) is 1. The van der Waals surface area contributed by atoms with Gasteiger partial charge in [-0.3, -0.25) is 0 Å². The molecule has 0 spiro atoms. The van der Waals surface area contributed by atoms with E-state index >= 15 is 0 Å². The molecule has 1 aliphatic rings. The lowest BCUT2D eigenvalue weighted by Gasteiger charge is -2.18. The fraction of sp³-hybridized carbons (Fsp3) is 0.200. The molecule has 158 valence electrons. The van der Waals surface area contributed by atoms with Crippen LogP contribution in [0, 0.1) is 6.92 Å². The summed E-state index contributed by atoms with van der Waals surface area (Å²) in [6, 6.07) is 22.1. The molecular formula is C25H23NO5. The molecule has 6 nitrogen and oxygen atoms in total. The Morgan fingerprint density at radius 2 is 1.52 bits per heavy atom. The van der Waals surface area contributed by atoms with Gasteiger partial charge in [-0.1, -0.05) is 66.7 Å². The number of carboxylic acids is 1. The van der Waals surface area contributed by atoms with E-state index in [4.69, 9.17) is 9.47 Å². The number of fused-ring (bicyclic) bond motifs is 3. The summed E-state index contributed by atoms with van der Waals surface area (Å²) in [5.74, 6) is -0.713. The number of benzene rings is 3. The molecule has 3 aromatic carbocycles. The number of aliphatic carboxylic acids is 1. The smallest absolute Gasteiger partial charge is 0.407 e. The Labute approximate surface area is 180 Å². The van der Waals surface area contributed by atoms with Crippen molar-refractivity contribution in [3.8, 4) is 16.9 Å². The topological polar surface area (TPSA) is 84.9 Å². The molecule has 0 fully saturated rings. The second-order valence-electron chi connectivity index (χ2n) is 7.44. The van der Waals surface area contributed by atoms with Crippen molar-refractivity contribution in [2.45, 2.75) is 18.9 Å². The molecule has 1 atom stereocenters. The molecular weight excluding hydrogens is 394 g/mol. The van der Waals surface area contributed by atoms with Crippen LogP contribution in [-0.2, 0) is 9.53 Å². The van der Waals surface area contributed by atoms with Crippen molar-refractivity contribution in [3.63, 3.8) is 0 Å². The molecule has 6 heteroatoms. The van der Waals surface area contributed by atoms with Crippen LogP contribution in [-0.4, -0.2) is 36.4 Å². The highest BCUT2D eigenvalue weighted by molar-refractivity contribution is 5.81. The van der Waals surface area contributed by atoms with E-state index in [9.17, 15) is 14.7 Å². The van der Waals surface area contributed by atoms with E-state index in [0.717, 1.165) is 27.8 Å². The zero-order valence-electron chi connectivity index (χ0n) is 17.1. The first kappa shape index (κ1) is 20.5. The fourth-order valence-corrected chi connectivity index (χ4v) is 3.85. The molecule has 0 saturated heterocycles. The lowest BCUT2D eigenvalue weighted by Crippen LogP contribution is -2.45. The van der Waals surface area contributed by atoms with Gasteiger partial charge in [0.05, 0.1) is 0 Å². The van der Waals surface area contributed by atoms with Gasteiger partial charge in [-0.05, 0) is 40.8 Å². The van der Waals surface area contributed by atoms with Crippen molar-refractivity contribution in [1.29, 1.82) is 0 Å². The van der Waals surface area contributed by atoms with Crippen molar-refractivity contribution in [2.24, 2.45) is 0 Å². The molecule has 2 N–H and O–H groups in total. The van der Waals surface area contributed by atoms with Gasteiger partial charge < -0.3 is 19.9 Å². The Hall–Kier alpha value is -3.80. The van der Waals surface area contributed by atoms with Gasteiger partial charge in [0.2, 0.25) is 0 Å². The third-order valence-corrected chi connectivity index (χ3v) is 5.43. The molecule has 1 amide bonds. The largest absolute Gasteiger partial charge is 0.491 e. The van der Waals surface area contributed by atoms with Crippen molar-refractivity contribution < 1.29 is 24.2 Å². The Morgan fingerprint density at radius 1 is 0.935 bits per heavy atom. The number of carbonyl (C=O) groups is 2. The highest BCUT2D eigenvalue weighted by atomic mass is 16.5. The summed E-state index contributed by atoms with van der Waals surface area (Å²) in [6.07, 6.45) is -0.789. The maximum absolute atomic E-state index is 12.4. The Bertz CT molecular complexity index is 1060. The number of nitrogens with one attached hydrogen (secondary N) is 1. The third kappa shape index (κ3) is 4.38. The lowest BCUT2D eigenvalue weighted by atomic mass is 9.98. The van der Waals surface area contributed by atoms with Gasteiger partial charge in [-0.2, -0.15) is 0 Å².